The van der Waals surface area contributed by atoms with E-state index in [1.807, 2.05) is 34.8 Å². The maximum atomic E-state index is 4.88. The first kappa shape index (κ1) is 15.1. The SMILES string of the molecule is Cc1c(CN2CCC[C@H]2c2cccc(-n3ccnc3)n2)cnn1C. The van der Waals surface area contributed by atoms with Crippen molar-refractivity contribution in [3.05, 3.63) is 60.1 Å². The Labute approximate surface area is 141 Å². The van der Waals surface area contributed by atoms with Gasteiger partial charge in [0.2, 0.25) is 0 Å². The molecule has 0 spiro atoms. The lowest BCUT2D eigenvalue weighted by atomic mass is 10.1. The van der Waals surface area contributed by atoms with E-state index < -0.39 is 0 Å². The number of aromatic nitrogens is 5. The summed E-state index contributed by atoms with van der Waals surface area (Å²) in [5, 5.41) is 4.37. The first-order valence-corrected chi connectivity index (χ1v) is 8.39. The highest BCUT2D eigenvalue weighted by Gasteiger charge is 2.28. The highest BCUT2D eigenvalue weighted by Crippen LogP contribution is 2.32. The molecule has 1 atom stereocenters. The Hall–Kier alpha value is -2.47. The third-order valence-corrected chi connectivity index (χ3v) is 4.94. The van der Waals surface area contributed by atoms with Gasteiger partial charge in [-0.3, -0.25) is 14.1 Å². The molecular formula is C18H22N6. The molecule has 3 aromatic heterocycles. The van der Waals surface area contributed by atoms with Crippen molar-refractivity contribution in [3.8, 4) is 5.82 Å². The summed E-state index contributed by atoms with van der Waals surface area (Å²) >= 11 is 0. The fourth-order valence-electron chi connectivity index (χ4n) is 3.43. The largest absolute Gasteiger partial charge is 0.291 e. The number of rotatable bonds is 4. The smallest absolute Gasteiger partial charge is 0.138 e. The van der Waals surface area contributed by atoms with Crippen LogP contribution in [0.2, 0.25) is 0 Å². The molecule has 124 valence electrons. The first-order valence-electron chi connectivity index (χ1n) is 8.39. The molecule has 4 rings (SSSR count). The third kappa shape index (κ3) is 2.73. The fraction of sp³-hybridized carbons (Fsp3) is 0.389. The number of pyridine rings is 1. The quantitative estimate of drug-likeness (QED) is 0.741. The van der Waals surface area contributed by atoms with E-state index in [-0.39, 0.29) is 0 Å². The van der Waals surface area contributed by atoms with Gasteiger partial charge >= 0.3 is 0 Å². The zero-order chi connectivity index (χ0) is 16.5. The molecule has 1 aliphatic heterocycles. The van der Waals surface area contributed by atoms with E-state index in [9.17, 15) is 0 Å². The Balaban J connectivity index is 1.59. The zero-order valence-electron chi connectivity index (χ0n) is 14.1. The Morgan fingerprint density at radius 2 is 2.21 bits per heavy atom. The molecule has 1 fully saturated rings. The molecule has 0 aromatic carbocycles. The average molecular weight is 322 g/mol. The molecule has 0 amide bonds. The summed E-state index contributed by atoms with van der Waals surface area (Å²) in [6.07, 6.45) is 9.84. The lowest BCUT2D eigenvalue weighted by Gasteiger charge is -2.24. The maximum Gasteiger partial charge on any atom is 0.138 e. The highest BCUT2D eigenvalue weighted by molar-refractivity contribution is 5.26. The van der Waals surface area contributed by atoms with Gasteiger partial charge in [0.05, 0.1) is 17.9 Å². The summed E-state index contributed by atoms with van der Waals surface area (Å²) in [6.45, 7) is 4.17. The summed E-state index contributed by atoms with van der Waals surface area (Å²) in [7, 11) is 2.00. The summed E-state index contributed by atoms with van der Waals surface area (Å²) < 4.78 is 3.90. The second kappa shape index (κ2) is 6.20. The first-order chi connectivity index (χ1) is 11.7. The lowest BCUT2D eigenvalue weighted by Crippen LogP contribution is -2.24. The van der Waals surface area contributed by atoms with Crippen molar-refractivity contribution >= 4 is 0 Å². The van der Waals surface area contributed by atoms with Crippen LogP contribution in [0.15, 0.2) is 43.1 Å². The van der Waals surface area contributed by atoms with Crippen molar-refractivity contribution < 1.29 is 0 Å². The van der Waals surface area contributed by atoms with Crippen LogP contribution in [-0.4, -0.2) is 35.8 Å². The average Bonchev–Trinajstić information content (AvgIpc) is 3.34. The van der Waals surface area contributed by atoms with Crippen LogP contribution in [0.3, 0.4) is 0 Å². The topological polar surface area (TPSA) is 51.8 Å². The van der Waals surface area contributed by atoms with Crippen LogP contribution in [0.5, 0.6) is 0 Å². The van der Waals surface area contributed by atoms with Crippen molar-refractivity contribution in [1.82, 2.24) is 29.2 Å². The fourth-order valence-corrected chi connectivity index (χ4v) is 3.43. The summed E-state index contributed by atoms with van der Waals surface area (Å²) in [4.78, 5) is 11.5. The van der Waals surface area contributed by atoms with E-state index in [2.05, 4.69) is 34.0 Å². The zero-order valence-corrected chi connectivity index (χ0v) is 14.1. The predicted molar refractivity (Wildman–Crippen MR) is 91.7 cm³/mol. The Morgan fingerprint density at radius 3 is 2.96 bits per heavy atom. The van der Waals surface area contributed by atoms with E-state index in [1.54, 1.807) is 12.5 Å². The second-order valence-corrected chi connectivity index (χ2v) is 6.40. The predicted octanol–water partition coefficient (Wildman–Crippen LogP) is 2.65. The minimum Gasteiger partial charge on any atom is -0.291 e. The molecule has 0 radical (unpaired) electrons. The Morgan fingerprint density at radius 1 is 1.29 bits per heavy atom. The molecular weight excluding hydrogens is 300 g/mol. The number of hydrogen-bond donors (Lipinski definition) is 0. The molecule has 1 saturated heterocycles. The van der Waals surface area contributed by atoms with Gasteiger partial charge in [-0.15, -0.1) is 0 Å². The third-order valence-electron chi connectivity index (χ3n) is 4.94. The van der Waals surface area contributed by atoms with Gasteiger partial charge < -0.3 is 0 Å². The van der Waals surface area contributed by atoms with E-state index in [0.717, 1.165) is 31.0 Å². The molecule has 24 heavy (non-hydrogen) atoms. The van der Waals surface area contributed by atoms with Gasteiger partial charge in [-0.1, -0.05) is 6.07 Å². The van der Waals surface area contributed by atoms with Crippen LogP contribution in [0, 0.1) is 6.92 Å². The summed E-state index contributed by atoms with van der Waals surface area (Å²) in [5.74, 6) is 0.925. The standard InChI is InChI=1S/C18H22N6/c1-14-15(11-20-22(14)2)12-23-9-4-6-17(23)16-5-3-7-18(21-16)24-10-8-19-13-24/h3,5,7-8,10-11,13,17H,4,6,9,12H2,1-2H3/t17-/m0/s1. The minimum atomic E-state index is 0.369. The molecule has 0 bridgehead atoms. The normalized spacial score (nSPS) is 18.3. The van der Waals surface area contributed by atoms with Gasteiger partial charge in [0, 0.05) is 37.2 Å². The van der Waals surface area contributed by atoms with E-state index >= 15 is 0 Å². The van der Waals surface area contributed by atoms with Crippen LogP contribution >= 0.6 is 0 Å². The van der Waals surface area contributed by atoms with Crippen molar-refractivity contribution in [2.75, 3.05) is 6.54 Å². The van der Waals surface area contributed by atoms with Crippen molar-refractivity contribution in [3.63, 3.8) is 0 Å². The van der Waals surface area contributed by atoms with Crippen molar-refractivity contribution in [2.45, 2.75) is 32.4 Å². The van der Waals surface area contributed by atoms with Crippen LogP contribution in [-0.2, 0) is 13.6 Å². The van der Waals surface area contributed by atoms with Crippen molar-refractivity contribution in [2.24, 2.45) is 7.05 Å². The molecule has 3 aromatic rings. The molecule has 0 N–H and O–H groups in total. The molecule has 1 aliphatic rings. The van der Waals surface area contributed by atoms with E-state index in [4.69, 9.17) is 4.98 Å². The van der Waals surface area contributed by atoms with Gasteiger partial charge in [0.15, 0.2) is 0 Å². The van der Waals surface area contributed by atoms with Gasteiger partial charge in [-0.05, 0) is 38.4 Å². The number of nitrogens with zero attached hydrogens (tertiary/aromatic N) is 6. The van der Waals surface area contributed by atoms with Crippen molar-refractivity contribution in [1.29, 1.82) is 0 Å². The summed E-state index contributed by atoms with van der Waals surface area (Å²) in [5.41, 5.74) is 3.68. The monoisotopic (exact) mass is 322 g/mol. The number of aryl methyl sites for hydroxylation is 1. The minimum absolute atomic E-state index is 0.369. The maximum absolute atomic E-state index is 4.88. The van der Waals surface area contributed by atoms with E-state index in [1.165, 1.54) is 17.7 Å². The second-order valence-electron chi connectivity index (χ2n) is 6.40. The number of hydrogen-bond acceptors (Lipinski definition) is 4. The van der Waals surface area contributed by atoms with E-state index in [0.29, 0.717) is 6.04 Å². The van der Waals surface area contributed by atoms with Gasteiger partial charge in [-0.25, -0.2) is 9.97 Å². The van der Waals surface area contributed by atoms with Gasteiger partial charge in [0.25, 0.3) is 0 Å². The molecule has 0 saturated carbocycles. The van der Waals surface area contributed by atoms with Crippen LogP contribution in [0.1, 0.15) is 35.8 Å². The number of likely N-dealkylation sites (tertiary alicyclic amines) is 1. The lowest BCUT2D eigenvalue weighted by molar-refractivity contribution is 0.244. The summed E-state index contributed by atoms with van der Waals surface area (Å²) in [6, 6.07) is 6.62. The molecule has 4 heterocycles. The molecule has 0 unspecified atom stereocenters. The van der Waals surface area contributed by atoms with Crippen LogP contribution in [0.25, 0.3) is 5.82 Å². The molecule has 6 nitrogen and oxygen atoms in total. The Bertz CT molecular complexity index is 820. The number of imidazole rings is 1. The van der Waals surface area contributed by atoms with Gasteiger partial charge in [0.1, 0.15) is 12.1 Å². The Kier molecular flexibility index (Phi) is 3.90. The molecule has 0 aliphatic carbocycles. The van der Waals surface area contributed by atoms with Crippen LogP contribution in [0.4, 0.5) is 0 Å². The highest BCUT2D eigenvalue weighted by atomic mass is 15.3. The van der Waals surface area contributed by atoms with Gasteiger partial charge in [-0.2, -0.15) is 5.10 Å². The van der Waals surface area contributed by atoms with Crippen LogP contribution < -0.4 is 0 Å². The molecule has 6 heteroatoms.